The molecule has 3 rings (SSSR count). The zero-order chi connectivity index (χ0) is 8.89. The Morgan fingerprint density at radius 2 is 2.15 bits per heavy atom. The van der Waals surface area contributed by atoms with Crippen LogP contribution < -0.4 is 5.73 Å². The van der Waals surface area contributed by atoms with Gasteiger partial charge < -0.3 is 19.8 Å². The highest BCUT2D eigenvalue weighted by Gasteiger charge is 2.44. The highest BCUT2D eigenvalue weighted by molar-refractivity contribution is 5.28. The summed E-state index contributed by atoms with van der Waals surface area (Å²) >= 11 is 0. The van der Waals surface area contributed by atoms with Gasteiger partial charge in [0.2, 0.25) is 0 Å². The van der Waals surface area contributed by atoms with Gasteiger partial charge in [0.15, 0.2) is 0 Å². The summed E-state index contributed by atoms with van der Waals surface area (Å²) in [7, 11) is 0. The first-order valence-corrected chi connectivity index (χ1v) is 4.30. The number of nitrogens with two attached hydrogens (primary N) is 1. The van der Waals surface area contributed by atoms with Crippen molar-refractivity contribution in [3.05, 3.63) is 12.0 Å². The number of aromatic nitrogens is 2. The molecular weight excluding hydrogens is 170 g/mol. The van der Waals surface area contributed by atoms with E-state index in [2.05, 4.69) is 9.55 Å². The lowest BCUT2D eigenvalue weighted by Crippen LogP contribution is -2.57. The standard InChI is InChI=1S/C8H11N3O2/c9-6-1-11-7(10-6)2-12-3-8(11)4-13-5-8/h1H,2-5,9H2. The molecule has 0 aromatic carbocycles. The van der Waals surface area contributed by atoms with E-state index in [-0.39, 0.29) is 5.54 Å². The Morgan fingerprint density at radius 1 is 1.38 bits per heavy atom. The molecule has 5 heteroatoms. The molecule has 0 bridgehead atoms. The average molecular weight is 181 g/mol. The molecule has 1 fully saturated rings. The van der Waals surface area contributed by atoms with Crippen LogP contribution in [-0.2, 0) is 21.6 Å². The van der Waals surface area contributed by atoms with Crippen molar-refractivity contribution in [2.24, 2.45) is 0 Å². The lowest BCUT2D eigenvalue weighted by atomic mass is 9.97. The largest absolute Gasteiger partial charge is 0.382 e. The van der Waals surface area contributed by atoms with Crippen LogP contribution in [0.3, 0.4) is 0 Å². The zero-order valence-electron chi connectivity index (χ0n) is 7.19. The van der Waals surface area contributed by atoms with Gasteiger partial charge in [-0.15, -0.1) is 0 Å². The van der Waals surface area contributed by atoms with Crippen LogP contribution in [0.4, 0.5) is 5.82 Å². The molecule has 2 aliphatic rings. The van der Waals surface area contributed by atoms with Crippen molar-refractivity contribution in [1.82, 2.24) is 9.55 Å². The van der Waals surface area contributed by atoms with Gasteiger partial charge in [0.25, 0.3) is 0 Å². The van der Waals surface area contributed by atoms with Gasteiger partial charge in [0.05, 0.1) is 19.8 Å². The van der Waals surface area contributed by atoms with Gasteiger partial charge >= 0.3 is 0 Å². The third kappa shape index (κ3) is 0.855. The molecule has 1 aromatic heterocycles. The molecule has 70 valence electrons. The van der Waals surface area contributed by atoms with Crippen LogP contribution in [0.1, 0.15) is 5.82 Å². The number of ether oxygens (including phenoxy) is 2. The van der Waals surface area contributed by atoms with E-state index in [0.717, 1.165) is 5.82 Å². The highest BCUT2D eigenvalue weighted by atomic mass is 16.5. The fourth-order valence-electron chi connectivity index (χ4n) is 1.91. The maximum atomic E-state index is 5.63. The van der Waals surface area contributed by atoms with Gasteiger partial charge in [0, 0.05) is 6.20 Å². The Kier molecular flexibility index (Phi) is 1.27. The quantitative estimate of drug-likeness (QED) is 0.598. The van der Waals surface area contributed by atoms with E-state index in [9.17, 15) is 0 Å². The Morgan fingerprint density at radius 3 is 2.85 bits per heavy atom. The van der Waals surface area contributed by atoms with Gasteiger partial charge in [-0.1, -0.05) is 0 Å². The number of nitrogens with zero attached hydrogens (tertiary/aromatic N) is 2. The van der Waals surface area contributed by atoms with Crippen LogP contribution in [0.25, 0.3) is 0 Å². The molecule has 0 amide bonds. The molecular formula is C8H11N3O2. The van der Waals surface area contributed by atoms with E-state index in [1.165, 1.54) is 0 Å². The van der Waals surface area contributed by atoms with Gasteiger partial charge in [-0.2, -0.15) is 0 Å². The Bertz CT molecular complexity index is 343. The van der Waals surface area contributed by atoms with E-state index in [1.807, 2.05) is 6.20 Å². The van der Waals surface area contributed by atoms with Crippen molar-refractivity contribution in [3.63, 3.8) is 0 Å². The van der Waals surface area contributed by atoms with Crippen LogP contribution in [0.2, 0.25) is 0 Å². The van der Waals surface area contributed by atoms with Crippen LogP contribution in [-0.4, -0.2) is 29.4 Å². The summed E-state index contributed by atoms with van der Waals surface area (Å²) in [6.45, 7) is 2.67. The lowest BCUT2D eigenvalue weighted by molar-refractivity contribution is -0.156. The van der Waals surface area contributed by atoms with E-state index in [4.69, 9.17) is 15.2 Å². The average Bonchev–Trinajstić information content (AvgIpc) is 2.41. The van der Waals surface area contributed by atoms with Crippen molar-refractivity contribution in [1.29, 1.82) is 0 Å². The molecule has 0 unspecified atom stereocenters. The molecule has 2 N–H and O–H groups in total. The molecule has 1 spiro atoms. The first-order valence-electron chi connectivity index (χ1n) is 4.30. The number of imidazole rings is 1. The summed E-state index contributed by atoms with van der Waals surface area (Å²) in [4.78, 5) is 4.19. The fourth-order valence-corrected chi connectivity index (χ4v) is 1.91. The second-order valence-corrected chi connectivity index (χ2v) is 3.66. The summed E-state index contributed by atoms with van der Waals surface area (Å²) in [5.74, 6) is 1.47. The van der Waals surface area contributed by atoms with Crippen molar-refractivity contribution in [3.8, 4) is 0 Å². The summed E-state index contributed by atoms with van der Waals surface area (Å²) < 4.78 is 12.8. The Balaban J connectivity index is 2.10. The first kappa shape index (κ1) is 7.34. The number of nitrogen functional groups attached to an aromatic ring is 1. The topological polar surface area (TPSA) is 62.3 Å². The smallest absolute Gasteiger partial charge is 0.142 e. The first-order chi connectivity index (χ1) is 6.30. The molecule has 1 aromatic rings. The molecule has 0 radical (unpaired) electrons. The number of hydrogen-bond donors (Lipinski definition) is 1. The summed E-state index contributed by atoms with van der Waals surface area (Å²) in [5.41, 5.74) is 5.61. The summed E-state index contributed by atoms with van der Waals surface area (Å²) in [6.07, 6.45) is 1.88. The van der Waals surface area contributed by atoms with Gasteiger partial charge in [-0.05, 0) is 0 Å². The molecule has 2 aliphatic heterocycles. The maximum absolute atomic E-state index is 5.63. The van der Waals surface area contributed by atoms with Crippen molar-refractivity contribution < 1.29 is 9.47 Å². The maximum Gasteiger partial charge on any atom is 0.142 e. The zero-order valence-corrected chi connectivity index (χ0v) is 7.19. The highest BCUT2D eigenvalue weighted by Crippen LogP contribution is 2.32. The summed E-state index contributed by atoms with van der Waals surface area (Å²) in [6, 6.07) is 0. The SMILES string of the molecule is Nc1cn2c(n1)COCC21COC1. The normalized spacial score (nSPS) is 24.0. The van der Waals surface area contributed by atoms with Gasteiger partial charge in [-0.25, -0.2) is 4.98 Å². The molecule has 5 nitrogen and oxygen atoms in total. The lowest BCUT2D eigenvalue weighted by Gasteiger charge is -2.45. The molecule has 3 heterocycles. The molecule has 0 saturated carbocycles. The second-order valence-electron chi connectivity index (χ2n) is 3.66. The molecule has 0 atom stereocenters. The number of rotatable bonds is 0. The number of fused-ring (bicyclic) bond motifs is 2. The number of anilines is 1. The summed E-state index contributed by atoms with van der Waals surface area (Å²) in [5, 5.41) is 0. The van der Waals surface area contributed by atoms with E-state index < -0.39 is 0 Å². The van der Waals surface area contributed by atoms with E-state index >= 15 is 0 Å². The fraction of sp³-hybridized carbons (Fsp3) is 0.625. The minimum atomic E-state index is -0.0157. The van der Waals surface area contributed by atoms with Crippen LogP contribution in [0, 0.1) is 0 Å². The Labute approximate surface area is 75.5 Å². The predicted molar refractivity (Wildman–Crippen MR) is 45.1 cm³/mol. The van der Waals surface area contributed by atoms with Gasteiger partial charge in [-0.3, -0.25) is 0 Å². The van der Waals surface area contributed by atoms with Crippen LogP contribution in [0.5, 0.6) is 0 Å². The van der Waals surface area contributed by atoms with E-state index in [1.54, 1.807) is 0 Å². The minimum Gasteiger partial charge on any atom is -0.382 e. The molecule has 0 aliphatic carbocycles. The monoisotopic (exact) mass is 181 g/mol. The molecule has 13 heavy (non-hydrogen) atoms. The van der Waals surface area contributed by atoms with Gasteiger partial charge in [0.1, 0.15) is 23.8 Å². The second kappa shape index (κ2) is 2.24. The molecule has 1 saturated heterocycles. The third-order valence-electron chi connectivity index (χ3n) is 2.65. The predicted octanol–water partition coefficient (Wildman–Crippen LogP) is -0.279. The van der Waals surface area contributed by atoms with Crippen molar-refractivity contribution in [2.45, 2.75) is 12.1 Å². The third-order valence-corrected chi connectivity index (χ3v) is 2.65. The van der Waals surface area contributed by atoms with Crippen LogP contribution >= 0.6 is 0 Å². The van der Waals surface area contributed by atoms with Crippen molar-refractivity contribution in [2.75, 3.05) is 25.6 Å². The van der Waals surface area contributed by atoms with Crippen molar-refractivity contribution >= 4 is 5.82 Å². The van der Waals surface area contributed by atoms with E-state index in [0.29, 0.717) is 32.2 Å². The number of hydrogen-bond acceptors (Lipinski definition) is 4. The van der Waals surface area contributed by atoms with Crippen LogP contribution in [0.15, 0.2) is 6.20 Å². The minimum absolute atomic E-state index is 0.0157. The Hall–Kier alpha value is -1.07.